The number of piperidine rings is 1. The molecular formula is C27H36F2N4O4. The van der Waals surface area contributed by atoms with E-state index in [9.17, 15) is 9.18 Å². The Morgan fingerprint density at radius 1 is 1.24 bits per heavy atom. The first-order valence-corrected chi connectivity index (χ1v) is 12.3. The molecule has 1 fully saturated rings. The van der Waals surface area contributed by atoms with Crippen molar-refractivity contribution >= 4 is 28.9 Å². The predicted octanol–water partition coefficient (Wildman–Crippen LogP) is 4.80. The molecule has 8 nitrogen and oxygen atoms in total. The van der Waals surface area contributed by atoms with E-state index in [1.807, 2.05) is 18.7 Å². The predicted molar refractivity (Wildman–Crippen MR) is 141 cm³/mol. The number of hydrogen-bond acceptors (Lipinski definition) is 8. The molecule has 0 aliphatic carbocycles. The molecular weight excluding hydrogens is 482 g/mol. The van der Waals surface area contributed by atoms with Crippen molar-refractivity contribution < 1.29 is 27.8 Å². The molecule has 1 N–H and O–H groups in total. The van der Waals surface area contributed by atoms with Crippen LogP contribution in [0.15, 0.2) is 35.3 Å². The van der Waals surface area contributed by atoms with Gasteiger partial charge in [0.15, 0.2) is 11.4 Å². The van der Waals surface area contributed by atoms with Crippen molar-refractivity contribution in [1.29, 1.82) is 0 Å². The van der Waals surface area contributed by atoms with E-state index >= 15 is 4.39 Å². The minimum atomic E-state index is -1.58. The number of aromatic nitrogens is 1. The number of nitrogens with one attached hydrogen (secondary N) is 1. The summed E-state index contributed by atoms with van der Waals surface area (Å²) in [5.41, 5.74) is 1.06. The number of carbonyl (C=O) groups excluding carboxylic acids is 1. The van der Waals surface area contributed by atoms with E-state index in [-0.39, 0.29) is 30.6 Å². The van der Waals surface area contributed by atoms with Gasteiger partial charge in [-0.25, -0.2) is 18.6 Å². The van der Waals surface area contributed by atoms with Crippen molar-refractivity contribution in [1.82, 2.24) is 4.98 Å². The zero-order valence-corrected chi connectivity index (χ0v) is 22.1. The van der Waals surface area contributed by atoms with E-state index in [0.29, 0.717) is 55.4 Å². The van der Waals surface area contributed by atoms with Gasteiger partial charge in [0.1, 0.15) is 11.6 Å². The highest BCUT2D eigenvalue weighted by Crippen LogP contribution is 2.36. The van der Waals surface area contributed by atoms with Gasteiger partial charge < -0.3 is 24.4 Å². The molecule has 2 aromatic rings. The molecule has 0 bridgehead atoms. The van der Waals surface area contributed by atoms with Crippen LogP contribution in [0.2, 0.25) is 0 Å². The maximum Gasteiger partial charge on any atom is 0.356 e. The number of esters is 1. The number of methoxy groups -OCH3 is 2. The molecule has 1 saturated heterocycles. The third-order valence-electron chi connectivity index (χ3n) is 6.20. The van der Waals surface area contributed by atoms with Gasteiger partial charge in [-0.2, -0.15) is 0 Å². The summed E-state index contributed by atoms with van der Waals surface area (Å²) in [5.74, 6) is -0.646. The number of nitrogens with zero attached hydrogens (tertiary/aromatic N) is 3. The number of ether oxygens (including phenoxy) is 3. The second-order valence-corrected chi connectivity index (χ2v) is 9.36. The molecule has 1 aromatic carbocycles. The van der Waals surface area contributed by atoms with Crippen LogP contribution < -0.4 is 10.2 Å². The Labute approximate surface area is 217 Å². The van der Waals surface area contributed by atoms with Gasteiger partial charge in [0.2, 0.25) is 0 Å². The van der Waals surface area contributed by atoms with E-state index in [1.54, 1.807) is 32.4 Å². The van der Waals surface area contributed by atoms with Crippen LogP contribution in [0.5, 0.6) is 0 Å². The van der Waals surface area contributed by atoms with Crippen LogP contribution in [0.4, 0.5) is 26.0 Å². The molecule has 3 rings (SSSR count). The fourth-order valence-electron chi connectivity index (χ4n) is 4.47. The van der Waals surface area contributed by atoms with Crippen molar-refractivity contribution in [3.8, 4) is 0 Å². The smallest absolute Gasteiger partial charge is 0.356 e. The van der Waals surface area contributed by atoms with Gasteiger partial charge in [-0.3, -0.25) is 4.99 Å². The lowest BCUT2D eigenvalue weighted by atomic mass is 9.92. The zero-order valence-electron chi connectivity index (χ0n) is 22.1. The van der Waals surface area contributed by atoms with Crippen LogP contribution in [-0.2, 0) is 14.2 Å². The quantitative estimate of drug-likeness (QED) is 0.260. The molecule has 0 saturated carbocycles. The number of pyridine rings is 1. The molecule has 1 aliphatic rings. The van der Waals surface area contributed by atoms with Gasteiger partial charge in [-0.05, 0) is 49.1 Å². The van der Waals surface area contributed by atoms with Crippen LogP contribution in [0.1, 0.15) is 42.7 Å². The summed E-state index contributed by atoms with van der Waals surface area (Å²) in [6.07, 6.45) is 0.959. The standard InChI is InChI=1S/C27H36F2N4O4/c1-18(2)24(30-3)23-22(33-12-6-11-27(29,16-33)17-37-14-13-35-4)15-21(26(34)36-5)32-25(23)31-20-9-7-19(28)8-10-20/h7-10,15,18H,6,11-14,16-17H2,1-5H3,(H,31,32)/b30-24-. The molecule has 1 atom stereocenters. The van der Waals surface area contributed by atoms with Gasteiger partial charge in [-0.1, -0.05) is 13.8 Å². The Balaban J connectivity index is 2.11. The highest BCUT2D eigenvalue weighted by atomic mass is 19.1. The fourth-order valence-corrected chi connectivity index (χ4v) is 4.47. The Morgan fingerprint density at radius 3 is 2.59 bits per heavy atom. The normalized spacial score (nSPS) is 18.3. The summed E-state index contributed by atoms with van der Waals surface area (Å²) in [4.78, 5) is 23.6. The number of carbonyl (C=O) groups is 1. The van der Waals surface area contributed by atoms with Gasteiger partial charge in [-0.15, -0.1) is 0 Å². The highest BCUT2D eigenvalue weighted by molar-refractivity contribution is 6.11. The first kappa shape index (κ1) is 28.5. The van der Waals surface area contributed by atoms with E-state index in [1.165, 1.54) is 19.2 Å². The van der Waals surface area contributed by atoms with Gasteiger partial charge >= 0.3 is 5.97 Å². The average Bonchev–Trinajstić information content (AvgIpc) is 2.88. The zero-order chi connectivity index (χ0) is 27.0. The number of benzene rings is 1. The minimum absolute atomic E-state index is 0.000552. The number of aliphatic imine (C=N–C) groups is 1. The van der Waals surface area contributed by atoms with Crippen molar-refractivity contribution in [3.63, 3.8) is 0 Å². The third kappa shape index (κ3) is 7.23. The average molecular weight is 519 g/mol. The summed E-state index contributed by atoms with van der Waals surface area (Å²) < 4.78 is 45.0. The molecule has 37 heavy (non-hydrogen) atoms. The maximum absolute atomic E-state index is 15.9. The van der Waals surface area contributed by atoms with Crippen LogP contribution in [0, 0.1) is 11.7 Å². The number of alkyl halides is 1. The van der Waals surface area contributed by atoms with Gasteiger partial charge in [0.05, 0.1) is 50.4 Å². The third-order valence-corrected chi connectivity index (χ3v) is 6.20. The Kier molecular flexibility index (Phi) is 9.93. The first-order chi connectivity index (χ1) is 17.7. The Bertz CT molecular complexity index is 1090. The minimum Gasteiger partial charge on any atom is -0.464 e. The summed E-state index contributed by atoms with van der Waals surface area (Å²) in [7, 11) is 4.54. The molecule has 1 aliphatic heterocycles. The van der Waals surface area contributed by atoms with Crippen LogP contribution >= 0.6 is 0 Å². The van der Waals surface area contributed by atoms with E-state index in [0.717, 1.165) is 5.71 Å². The molecule has 1 aromatic heterocycles. The Hall–Kier alpha value is -3.11. The summed E-state index contributed by atoms with van der Waals surface area (Å²) >= 11 is 0. The number of rotatable bonds is 11. The van der Waals surface area contributed by atoms with Crippen molar-refractivity contribution in [2.75, 3.05) is 64.4 Å². The van der Waals surface area contributed by atoms with Crippen LogP contribution in [0.3, 0.4) is 0 Å². The SMILES string of the molecule is C/N=C(\c1c(N2CCCC(F)(COCCOC)C2)cc(C(=O)OC)nc1Nc1ccc(F)cc1)C(C)C. The molecule has 1 unspecified atom stereocenters. The summed E-state index contributed by atoms with van der Waals surface area (Å²) in [5, 5.41) is 3.21. The van der Waals surface area contributed by atoms with E-state index < -0.39 is 11.6 Å². The molecule has 202 valence electrons. The van der Waals surface area contributed by atoms with Crippen LogP contribution in [0.25, 0.3) is 0 Å². The molecule has 10 heteroatoms. The molecule has 2 heterocycles. The monoisotopic (exact) mass is 518 g/mol. The lowest BCUT2D eigenvalue weighted by molar-refractivity contribution is -0.0110. The lowest BCUT2D eigenvalue weighted by Crippen LogP contribution is -2.49. The summed E-state index contributed by atoms with van der Waals surface area (Å²) in [6, 6.07) is 7.44. The largest absolute Gasteiger partial charge is 0.464 e. The van der Waals surface area contributed by atoms with Gasteiger partial charge in [0, 0.05) is 26.4 Å². The maximum atomic E-state index is 15.9. The molecule has 0 amide bonds. The second kappa shape index (κ2) is 12.9. The highest BCUT2D eigenvalue weighted by Gasteiger charge is 2.38. The number of halogens is 2. The van der Waals surface area contributed by atoms with E-state index in [4.69, 9.17) is 14.2 Å². The van der Waals surface area contributed by atoms with Crippen LogP contribution in [-0.4, -0.2) is 76.5 Å². The summed E-state index contributed by atoms with van der Waals surface area (Å²) in [6.45, 7) is 5.29. The second-order valence-electron chi connectivity index (χ2n) is 9.36. The molecule has 0 spiro atoms. The van der Waals surface area contributed by atoms with Gasteiger partial charge in [0.25, 0.3) is 0 Å². The fraction of sp³-hybridized carbons (Fsp3) is 0.519. The number of anilines is 3. The first-order valence-electron chi connectivity index (χ1n) is 12.3. The van der Waals surface area contributed by atoms with Crippen molar-refractivity contribution in [2.24, 2.45) is 10.9 Å². The van der Waals surface area contributed by atoms with E-state index in [2.05, 4.69) is 15.3 Å². The number of hydrogen-bond donors (Lipinski definition) is 1. The molecule has 0 radical (unpaired) electrons. The topological polar surface area (TPSA) is 85.3 Å². The van der Waals surface area contributed by atoms with Crippen molar-refractivity contribution in [2.45, 2.75) is 32.4 Å². The lowest BCUT2D eigenvalue weighted by Gasteiger charge is -2.40. The Morgan fingerprint density at radius 2 is 1.97 bits per heavy atom. The van der Waals surface area contributed by atoms with Crippen molar-refractivity contribution in [3.05, 3.63) is 47.4 Å².